The Labute approximate surface area is 160 Å². The molecule has 0 aromatic heterocycles. The number of hydrogen-bond donors (Lipinski definition) is 2. The van der Waals surface area contributed by atoms with Crippen molar-refractivity contribution in [2.24, 2.45) is 0 Å². The lowest BCUT2D eigenvalue weighted by Crippen LogP contribution is -2.32. The number of carbonyl (C=O) groups excluding carboxylic acids is 2. The van der Waals surface area contributed by atoms with Crippen LogP contribution in [-0.4, -0.2) is 24.1 Å². The lowest BCUT2D eigenvalue weighted by molar-refractivity contribution is -0.167. The molecule has 5 nitrogen and oxygen atoms in total. The summed E-state index contributed by atoms with van der Waals surface area (Å²) in [7, 11) is 0. The van der Waals surface area contributed by atoms with Gasteiger partial charge in [-0.2, -0.15) is 13.2 Å². The minimum absolute atomic E-state index is 0.0377. The van der Waals surface area contributed by atoms with Crippen molar-refractivity contribution in [1.82, 2.24) is 0 Å². The van der Waals surface area contributed by atoms with Crippen LogP contribution in [-0.2, 0) is 9.59 Å². The predicted octanol–water partition coefficient (Wildman–Crippen LogP) is 4.72. The molecular formula is C20H21F3N2O3. The van der Waals surface area contributed by atoms with Crippen LogP contribution < -0.4 is 15.4 Å². The van der Waals surface area contributed by atoms with Crippen LogP contribution in [0.2, 0.25) is 0 Å². The molecule has 0 aliphatic heterocycles. The van der Waals surface area contributed by atoms with Crippen molar-refractivity contribution in [3.63, 3.8) is 0 Å². The third kappa shape index (κ3) is 5.73. The first-order valence-corrected chi connectivity index (χ1v) is 8.62. The lowest BCUT2D eigenvalue weighted by Gasteiger charge is -2.17. The highest BCUT2D eigenvalue weighted by Crippen LogP contribution is 2.25. The van der Waals surface area contributed by atoms with Crippen LogP contribution in [0.3, 0.4) is 0 Å². The van der Waals surface area contributed by atoms with E-state index in [1.54, 1.807) is 17.4 Å². The van der Waals surface area contributed by atoms with Gasteiger partial charge >= 0.3 is 12.1 Å². The van der Waals surface area contributed by atoms with Crippen LogP contribution in [0.25, 0.3) is 0 Å². The van der Waals surface area contributed by atoms with Gasteiger partial charge in [0, 0.05) is 0 Å². The molecule has 1 unspecified atom stereocenters. The minimum atomic E-state index is -5.03. The lowest BCUT2D eigenvalue weighted by atomic mass is 10.0. The molecule has 0 aliphatic carbocycles. The summed E-state index contributed by atoms with van der Waals surface area (Å²) in [6, 6.07) is 12.9. The normalized spacial score (nSPS) is 12.4. The van der Waals surface area contributed by atoms with Crippen LogP contribution >= 0.6 is 0 Å². The van der Waals surface area contributed by atoms with Gasteiger partial charge in [0.2, 0.25) is 0 Å². The maximum Gasteiger partial charge on any atom is 0.471 e. The topological polar surface area (TPSA) is 67.4 Å². The van der Waals surface area contributed by atoms with Crippen molar-refractivity contribution in [3.05, 3.63) is 54.1 Å². The number of halogens is 3. The average molecular weight is 394 g/mol. The van der Waals surface area contributed by atoms with Gasteiger partial charge in [-0.05, 0) is 42.7 Å². The fraction of sp³-hybridized carbons (Fsp3) is 0.300. The number of para-hydroxylation sites is 2. The fourth-order valence-electron chi connectivity index (χ4n) is 2.32. The Morgan fingerprint density at radius 2 is 1.43 bits per heavy atom. The second-order valence-electron chi connectivity index (χ2n) is 6.47. The van der Waals surface area contributed by atoms with Gasteiger partial charge in [-0.25, -0.2) is 0 Å². The van der Waals surface area contributed by atoms with Crippen molar-refractivity contribution < 1.29 is 27.5 Å². The number of alkyl halides is 3. The van der Waals surface area contributed by atoms with Crippen molar-refractivity contribution in [1.29, 1.82) is 0 Å². The smallest absolute Gasteiger partial charge is 0.471 e. The molecule has 28 heavy (non-hydrogen) atoms. The quantitative estimate of drug-likeness (QED) is 0.745. The van der Waals surface area contributed by atoms with Gasteiger partial charge in [-0.3, -0.25) is 9.59 Å². The Kier molecular flexibility index (Phi) is 6.66. The molecule has 150 valence electrons. The molecule has 8 heteroatoms. The van der Waals surface area contributed by atoms with Crippen LogP contribution in [0.15, 0.2) is 48.5 Å². The van der Waals surface area contributed by atoms with Crippen molar-refractivity contribution >= 4 is 23.2 Å². The first-order chi connectivity index (χ1) is 13.1. The fourth-order valence-corrected chi connectivity index (χ4v) is 2.32. The molecule has 2 aromatic carbocycles. The minimum Gasteiger partial charge on any atom is -0.481 e. The number of anilines is 2. The highest BCUT2D eigenvalue weighted by molar-refractivity contribution is 6.02. The molecule has 0 radical (unpaired) electrons. The number of hydrogen-bond acceptors (Lipinski definition) is 3. The Bertz CT molecular complexity index is 833. The van der Waals surface area contributed by atoms with Gasteiger partial charge in [0.1, 0.15) is 5.75 Å². The Morgan fingerprint density at radius 3 is 1.93 bits per heavy atom. The van der Waals surface area contributed by atoms with Gasteiger partial charge in [0.15, 0.2) is 6.10 Å². The largest absolute Gasteiger partial charge is 0.481 e. The van der Waals surface area contributed by atoms with Crippen LogP contribution in [0.5, 0.6) is 5.75 Å². The highest BCUT2D eigenvalue weighted by atomic mass is 19.4. The van der Waals surface area contributed by atoms with E-state index in [1.165, 1.54) is 31.2 Å². The number of amides is 2. The van der Waals surface area contributed by atoms with Crippen molar-refractivity contribution in [2.75, 3.05) is 10.6 Å². The molecule has 2 aromatic rings. The summed E-state index contributed by atoms with van der Waals surface area (Å²) >= 11 is 0. The SMILES string of the molecule is CC(Oc1ccc(C(C)C)cc1)C(=O)Nc1ccccc1NC(=O)C(F)(F)F. The third-order valence-corrected chi connectivity index (χ3v) is 3.92. The number of rotatable bonds is 6. The van der Waals surface area contributed by atoms with E-state index in [9.17, 15) is 22.8 Å². The third-order valence-electron chi connectivity index (χ3n) is 3.92. The zero-order valence-corrected chi connectivity index (χ0v) is 15.6. The maximum absolute atomic E-state index is 12.5. The Morgan fingerprint density at radius 1 is 0.893 bits per heavy atom. The van der Waals surface area contributed by atoms with Crippen molar-refractivity contribution in [2.45, 2.75) is 39.0 Å². The second-order valence-corrected chi connectivity index (χ2v) is 6.47. The number of benzene rings is 2. The van der Waals surface area contributed by atoms with E-state index >= 15 is 0 Å². The average Bonchev–Trinajstić information content (AvgIpc) is 2.62. The van der Waals surface area contributed by atoms with Crippen LogP contribution in [0, 0.1) is 0 Å². The van der Waals surface area contributed by atoms with Gasteiger partial charge in [-0.15, -0.1) is 0 Å². The monoisotopic (exact) mass is 394 g/mol. The maximum atomic E-state index is 12.5. The number of nitrogens with one attached hydrogen (secondary N) is 2. The summed E-state index contributed by atoms with van der Waals surface area (Å²) in [5.41, 5.74) is 1.00. The van der Waals surface area contributed by atoms with Gasteiger partial charge < -0.3 is 15.4 Å². The van der Waals surface area contributed by atoms with E-state index in [-0.39, 0.29) is 11.4 Å². The number of carbonyl (C=O) groups is 2. The van der Waals surface area contributed by atoms with E-state index in [0.29, 0.717) is 11.7 Å². The molecule has 0 saturated heterocycles. The van der Waals surface area contributed by atoms with E-state index < -0.39 is 24.1 Å². The van der Waals surface area contributed by atoms with E-state index in [1.807, 2.05) is 12.1 Å². The van der Waals surface area contributed by atoms with E-state index in [4.69, 9.17) is 4.74 Å². The van der Waals surface area contributed by atoms with E-state index in [0.717, 1.165) is 5.56 Å². The summed E-state index contributed by atoms with van der Waals surface area (Å²) in [4.78, 5) is 23.5. The molecule has 0 aliphatic rings. The molecule has 0 heterocycles. The molecule has 2 N–H and O–H groups in total. The first-order valence-electron chi connectivity index (χ1n) is 8.62. The molecular weight excluding hydrogens is 373 g/mol. The molecule has 1 atom stereocenters. The molecule has 0 saturated carbocycles. The molecule has 2 amide bonds. The second kappa shape index (κ2) is 8.77. The summed E-state index contributed by atoms with van der Waals surface area (Å²) in [5.74, 6) is -1.84. The first kappa shape index (κ1) is 21.3. The predicted molar refractivity (Wildman–Crippen MR) is 100 cm³/mol. The van der Waals surface area contributed by atoms with Gasteiger partial charge in [0.25, 0.3) is 5.91 Å². The number of ether oxygens (including phenoxy) is 1. The van der Waals surface area contributed by atoms with Crippen molar-refractivity contribution in [3.8, 4) is 5.75 Å². The van der Waals surface area contributed by atoms with Gasteiger partial charge in [-0.1, -0.05) is 38.1 Å². The Balaban J connectivity index is 2.05. The Hall–Kier alpha value is -3.03. The summed E-state index contributed by atoms with van der Waals surface area (Å²) < 4.78 is 43.0. The standard InChI is InChI=1S/C20H21F3N2O3/c1-12(2)14-8-10-15(11-9-14)28-13(3)18(26)24-16-6-4-5-7-17(16)25-19(27)20(21,22)23/h4-13H,1-3H3,(H,24,26)(H,25,27). The van der Waals surface area contributed by atoms with E-state index in [2.05, 4.69) is 19.2 Å². The zero-order valence-electron chi connectivity index (χ0n) is 15.6. The van der Waals surface area contributed by atoms with Gasteiger partial charge in [0.05, 0.1) is 11.4 Å². The molecule has 0 spiro atoms. The van der Waals surface area contributed by atoms with Crippen LogP contribution in [0.4, 0.5) is 24.5 Å². The highest BCUT2D eigenvalue weighted by Gasteiger charge is 2.39. The summed E-state index contributed by atoms with van der Waals surface area (Å²) in [6.45, 7) is 5.63. The molecule has 2 rings (SSSR count). The van der Waals surface area contributed by atoms with Crippen LogP contribution in [0.1, 0.15) is 32.3 Å². The molecule has 0 bridgehead atoms. The zero-order chi connectivity index (χ0) is 20.9. The summed E-state index contributed by atoms with van der Waals surface area (Å²) in [5, 5.41) is 4.21. The summed E-state index contributed by atoms with van der Waals surface area (Å²) in [6.07, 6.45) is -5.94. The molecule has 0 fully saturated rings.